The van der Waals surface area contributed by atoms with Gasteiger partial charge in [0.15, 0.2) is 0 Å². The summed E-state index contributed by atoms with van der Waals surface area (Å²) in [6, 6.07) is 4.31. The Balaban J connectivity index is 1.36. The van der Waals surface area contributed by atoms with Gasteiger partial charge in [0.25, 0.3) is 0 Å². The Morgan fingerprint density at radius 3 is 2.67 bits per heavy atom. The molecule has 4 heterocycles. The second-order valence-corrected chi connectivity index (χ2v) is 8.29. The van der Waals surface area contributed by atoms with E-state index in [9.17, 15) is 0 Å². The molecular formula is C19H27N3OS. The zero-order chi connectivity index (χ0) is 16.5. The highest BCUT2D eigenvalue weighted by Crippen LogP contribution is 2.32. The van der Waals surface area contributed by atoms with E-state index in [1.165, 1.54) is 29.8 Å². The van der Waals surface area contributed by atoms with Crippen molar-refractivity contribution in [3.63, 3.8) is 0 Å². The van der Waals surface area contributed by atoms with Crippen LogP contribution in [0.2, 0.25) is 0 Å². The number of piperidine rings is 1. The smallest absolute Gasteiger partial charge is 0.0830 e. The SMILES string of the molecule is CC1CN(CC2CCN(c3ccnc4ccsc34)CC2)CC(C)O1. The van der Waals surface area contributed by atoms with Crippen LogP contribution in [0.15, 0.2) is 23.7 Å². The fraction of sp³-hybridized carbons (Fsp3) is 0.632. The molecule has 2 fully saturated rings. The predicted octanol–water partition coefficient (Wildman–Crippen LogP) is 3.62. The maximum Gasteiger partial charge on any atom is 0.0830 e. The Bertz CT molecular complexity index is 670. The summed E-state index contributed by atoms with van der Waals surface area (Å²) >= 11 is 1.81. The molecular weight excluding hydrogens is 318 g/mol. The first-order chi connectivity index (χ1) is 11.7. The first-order valence-electron chi connectivity index (χ1n) is 9.14. The van der Waals surface area contributed by atoms with Crippen LogP contribution in [-0.2, 0) is 4.74 Å². The minimum atomic E-state index is 0.373. The number of rotatable bonds is 3. The van der Waals surface area contributed by atoms with Crippen LogP contribution >= 0.6 is 11.3 Å². The monoisotopic (exact) mass is 345 g/mol. The standard InChI is InChI=1S/C19H27N3OS/c1-14-11-21(12-15(2)23-14)13-16-4-8-22(9-5-16)18-3-7-20-17-6-10-24-19(17)18/h3,6-7,10,14-16H,4-5,8-9,11-13H2,1-2H3. The molecule has 4 rings (SSSR count). The van der Waals surface area contributed by atoms with Gasteiger partial charge in [-0.05, 0) is 50.1 Å². The summed E-state index contributed by atoms with van der Waals surface area (Å²) in [4.78, 5) is 9.64. The quantitative estimate of drug-likeness (QED) is 0.849. The van der Waals surface area contributed by atoms with Gasteiger partial charge in [0.05, 0.1) is 28.1 Å². The molecule has 0 saturated carbocycles. The molecule has 24 heavy (non-hydrogen) atoms. The number of nitrogens with zero attached hydrogens (tertiary/aromatic N) is 3. The number of hydrogen-bond acceptors (Lipinski definition) is 5. The second kappa shape index (κ2) is 6.98. The second-order valence-electron chi connectivity index (χ2n) is 7.37. The Kier molecular flexibility index (Phi) is 4.74. The van der Waals surface area contributed by atoms with E-state index in [0.717, 1.165) is 37.6 Å². The molecule has 2 aliphatic rings. The van der Waals surface area contributed by atoms with Gasteiger partial charge < -0.3 is 9.64 Å². The maximum absolute atomic E-state index is 5.86. The summed E-state index contributed by atoms with van der Waals surface area (Å²) in [5, 5.41) is 2.15. The molecule has 2 aromatic heterocycles. The van der Waals surface area contributed by atoms with Gasteiger partial charge in [-0.1, -0.05) is 0 Å². The molecule has 0 bridgehead atoms. The molecule has 0 aliphatic carbocycles. The van der Waals surface area contributed by atoms with Crippen LogP contribution in [-0.4, -0.2) is 54.8 Å². The van der Waals surface area contributed by atoms with E-state index in [-0.39, 0.29) is 0 Å². The van der Waals surface area contributed by atoms with Gasteiger partial charge in [-0.15, -0.1) is 11.3 Å². The number of ether oxygens (including phenoxy) is 1. The fourth-order valence-electron chi connectivity index (χ4n) is 4.26. The van der Waals surface area contributed by atoms with Crippen molar-refractivity contribution in [1.82, 2.24) is 9.88 Å². The van der Waals surface area contributed by atoms with Gasteiger partial charge in [-0.3, -0.25) is 9.88 Å². The van der Waals surface area contributed by atoms with E-state index in [4.69, 9.17) is 4.74 Å². The van der Waals surface area contributed by atoms with Crippen LogP contribution in [0.1, 0.15) is 26.7 Å². The summed E-state index contributed by atoms with van der Waals surface area (Å²) in [5.74, 6) is 0.819. The third kappa shape index (κ3) is 3.44. The van der Waals surface area contributed by atoms with Crippen LogP contribution in [0.25, 0.3) is 10.2 Å². The lowest BCUT2D eigenvalue weighted by Crippen LogP contribution is -2.48. The van der Waals surface area contributed by atoms with Gasteiger partial charge in [-0.2, -0.15) is 0 Å². The molecule has 4 nitrogen and oxygen atoms in total. The van der Waals surface area contributed by atoms with Gasteiger partial charge in [0, 0.05) is 38.9 Å². The van der Waals surface area contributed by atoms with Gasteiger partial charge in [-0.25, -0.2) is 0 Å². The number of aromatic nitrogens is 1. The first-order valence-corrected chi connectivity index (χ1v) is 10.0. The third-order valence-electron chi connectivity index (χ3n) is 5.29. The molecule has 2 saturated heterocycles. The summed E-state index contributed by atoms with van der Waals surface area (Å²) in [5.41, 5.74) is 2.51. The molecule has 130 valence electrons. The van der Waals surface area contributed by atoms with Crippen LogP contribution in [0.4, 0.5) is 5.69 Å². The van der Waals surface area contributed by atoms with E-state index in [0.29, 0.717) is 12.2 Å². The minimum Gasteiger partial charge on any atom is -0.373 e. The minimum absolute atomic E-state index is 0.373. The number of hydrogen-bond donors (Lipinski definition) is 0. The number of pyridine rings is 1. The number of anilines is 1. The molecule has 0 spiro atoms. The number of thiophene rings is 1. The Morgan fingerprint density at radius 2 is 1.92 bits per heavy atom. The average Bonchev–Trinajstić information content (AvgIpc) is 3.03. The van der Waals surface area contributed by atoms with Crippen molar-refractivity contribution in [3.05, 3.63) is 23.7 Å². The van der Waals surface area contributed by atoms with E-state index < -0.39 is 0 Å². The molecule has 0 N–H and O–H groups in total. The zero-order valence-electron chi connectivity index (χ0n) is 14.6. The summed E-state index contributed by atoms with van der Waals surface area (Å²) < 4.78 is 7.20. The maximum atomic E-state index is 5.86. The third-order valence-corrected chi connectivity index (χ3v) is 6.22. The largest absolute Gasteiger partial charge is 0.373 e. The van der Waals surface area contributed by atoms with Crippen LogP contribution in [0.5, 0.6) is 0 Å². The molecule has 2 aromatic rings. The van der Waals surface area contributed by atoms with Crippen LogP contribution in [0.3, 0.4) is 0 Å². The van der Waals surface area contributed by atoms with Crippen molar-refractivity contribution in [2.45, 2.75) is 38.9 Å². The van der Waals surface area contributed by atoms with E-state index in [1.807, 2.05) is 17.5 Å². The van der Waals surface area contributed by atoms with Gasteiger partial charge in [0.2, 0.25) is 0 Å². The molecule has 0 radical (unpaired) electrons. The van der Waals surface area contributed by atoms with Crippen LogP contribution < -0.4 is 4.90 Å². The Hall–Kier alpha value is -1.17. The summed E-state index contributed by atoms with van der Waals surface area (Å²) in [7, 11) is 0. The number of fused-ring (bicyclic) bond motifs is 1. The average molecular weight is 346 g/mol. The van der Waals surface area contributed by atoms with E-state index in [2.05, 4.69) is 46.1 Å². The topological polar surface area (TPSA) is 28.6 Å². The van der Waals surface area contributed by atoms with Gasteiger partial charge >= 0.3 is 0 Å². The summed E-state index contributed by atoms with van der Waals surface area (Å²) in [6.07, 6.45) is 5.27. The molecule has 2 aliphatic heterocycles. The van der Waals surface area contributed by atoms with Gasteiger partial charge in [0.1, 0.15) is 0 Å². The van der Waals surface area contributed by atoms with Crippen molar-refractivity contribution < 1.29 is 4.74 Å². The Morgan fingerprint density at radius 1 is 1.17 bits per heavy atom. The predicted molar refractivity (Wildman–Crippen MR) is 101 cm³/mol. The lowest BCUT2D eigenvalue weighted by Gasteiger charge is -2.40. The molecule has 0 aromatic carbocycles. The first kappa shape index (κ1) is 16.3. The lowest BCUT2D eigenvalue weighted by molar-refractivity contribution is -0.0720. The Labute approximate surface area is 148 Å². The molecule has 5 heteroatoms. The van der Waals surface area contributed by atoms with Crippen molar-refractivity contribution in [3.8, 4) is 0 Å². The van der Waals surface area contributed by atoms with Crippen molar-refractivity contribution in [2.24, 2.45) is 5.92 Å². The lowest BCUT2D eigenvalue weighted by atomic mass is 9.95. The van der Waals surface area contributed by atoms with Crippen molar-refractivity contribution >= 4 is 27.2 Å². The molecule has 2 unspecified atom stereocenters. The highest BCUT2D eigenvalue weighted by molar-refractivity contribution is 7.17. The fourth-order valence-corrected chi connectivity index (χ4v) is 5.16. The zero-order valence-corrected chi connectivity index (χ0v) is 15.5. The van der Waals surface area contributed by atoms with Crippen LogP contribution in [0, 0.1) is 5.92 Å². The highest BCUT2D eigenvalue weighted by Gasteiger charge is 2.27. The normalized spacial score (nSPS) is 27.0. The molecule has 2 atom stereocenters. The highest BCUT2D eigenvalue weighted by atomic mass is 32.1. The summed E-state index contributed by atoms with van der Waals surface area (Å²) in [6.45, 7) is 10.1. The van der Waals surface area contributed by atoms with Crippen molar-refractivity contribution in [2.75, 3.05) is 37.6 Å². The van der Waals surface area contributed by atoms with Crippen molar-refractivity contribution in [1.29, 1.82) is 0 Å². The van der Waals surface area contributed by atoms with E-state index >= 15 is 0 Å². The molecule has 0 amide bonds. The number of morpholine rings is 1. The van der Waals surface area contributed by atoms with E-state index in [1.54, 1.807) is 0 Å².